The average Bonchev–Trinajstić information content (AvgIpc) is 2.21. The van der Waals surface area contributed by atoms with E-state index in [4.69, 9.17) is 0 Å². The maximum Gasteiger partial charge on any atom is 0.471 e. The molecule has 8 heteroatoms. The molecular formula is C8H12F3NO3S. The van der Waals surface area contributed by atoms with Crippen LogP contribution >= 0.6 is 11.8 Å². The molecule has 0 aromatic heterocycles. The van der Waals surface area contributed by atoms with Gasteiger partial charge in [-0.2, -0.15) is 24.9 Å². The van der Waals surface area contributed by atoms with Crippen molar-refractivity contribution in [3.63, 3.8) is 0 Å². The molecule has 0 spiro atoms. The van der Waals surface area contributed by atoms with Gasteiger partial charge >= 0.3 is 18.1 Å². The lowest BCUT2D eigenvalue weighted by Gasteiger charge is -2.16. The van der Waals surface area contributed by atoms with E-state index in [1.165, 1.54) is 11.8 Å². The Kier molecular flexibility index (Phi) is 6.24. The van der Waals surface area contributed by atoms with Crippen LogP contribution in [0.2, 0.25) is 0 Å². The fourth-order valence-corrected chi connectivity index (χ4v) is 1.34. The van der Waals surface area contributed by atoms with Crippen LogP contribution in [0.4, 0.5) is 13.2 Å². The van der Waals surface area contributed by atoms with Crippen molar-refractivity contribution < 1.29 is 27.5 Å². The third kappa shape index (κ3) is 5.24. The number of esters is 1. The molecular weight excluding hydrogens is 247 g/mol. The van der Waals surface area contributed by atoms with E-state index in [2.05, 4.69) is 4.74 Å². The summed E-state index contributed by atoms with van der Waals surface area (Å²) in [5, 5.41) is 1.59. The van der Waals surface area contributed by atoms with Gasteiger partial charge in [-0.25, -0.2) is 4.79 Å². The third-order valence-electron chi connectivity index (χ3n) is 1.66. The third-order valence-corrected chi connectivity index (χ3v) is 2.30. The summed E-state index contributed by atoms with van der Waals surface area (Å²) in [6.45, 7) is 0. The smallest absolute Gasteiger partial charge is 0.467 e. The predicted octanol–water partition coefficient (Wildman–Crippen LogP) is 0.960. The molecule has 4 nitrogen and oxygen atoms in total. The molecule has 0 aliphatic rings. The standard InChI is InChI=1S/C8H12F3NO3S/c1-15-6(13)5(3-4-16-2)12-7(14)8(9,10)11/h5H,3-4H2,1-2H3,(H,12,14)/t5-/m1/s1. The first kappa shape index (κ1) is 15.1. The predicted molar refractivity (Wildman–Crippen MR) is 53.0 cm³/mol. The highest BCUT2D eigenvalue weighted by molar-refractivity contribution is 7.98. The molecule has 0 aromatic rings. The highest BCUT2D eigenvalue weighted by atomic mass is 32.2. The highest BCUT2D eigenvalue weighted by Gasteiger charge is 2.40. The van der Waals surface area contributed by atoms with E-state index in [1.54, 1.807) is 11.6 Å². The second-order valence-electron chi connectivity index (χ2n) is 2.83. The number of carbonyl (C=O) groups excluding carboxylic acids is 2. The molecule has 0 saturated heterocycles. The molecule has 0 unspecified atom stereocenters. The van der Waals surface area contributed by atoms with Gasteiger partial charge in [0.25, 0.3) is 0 Å². The van der Waals surface area contributed by atoms with Crippen molar-refractivity contribution in [1.82, 2.24) is 5.32 Å². The van der Waals surface area contributed by atoms with Crippen molar-refractivity contribution in [2.24, 2.45) is 0 Å². The molecule has 1 N–H and O–H groups in total. The summed E-state index contributed by atoms with van der Waals surface area (Å²) in [4.78, 5) is 21.7. The summed E-state index contributed by atoms with van der Waals surface area (Å²) in [6, 6.07) is -1.26. The largest absolute Gasteiger partial charge is 0.471 e. The Hall–Kier alpha value is -0.920. The molecule has 94 valence electrons. The van der Waals surface area contributed by atoms with Gasteiger partial charge < -0.3 is 10.1 Å². The van der Waals surface area contributed by atoms with Gasteiger partial charge in [0.1, 0.15) is 6.04 Å². The Morgan fingerprint density at radius 1 is 1.44 bits per heavy atom. The van der Waals surface area contributed by atoms with Crippen molar-refractivity contribution in [1.29, 1.82) is 0 Å². The number of hydrogen-bond acceptors (Lipinski definition) is 4. The van der Waals surface area contributed by atoms with Crippen LogP contribution in [0.15, 0.2) is 0 Å². The van der Waals surface area contributed by atoms with Crippen molar-refractivity contribution in [3.8, 4) is 0 Å². The van der Waals surface area contributed by atoms with Gasteiger partial charge in [0.15, 0.2) is 0 Å². The van der Waals surface area contributed by atoms with E-state index in [9.17, 15) is 22.8 Å². The van der Waals surface area contributed by atoms with Crippen molar-refractivity contribution in [2.75, 3.05) is 19.1 Å². The van der Waals surface area contributed by atoms with Gasteiger partial charge in [0.2, 0.25) is 0 Å². The van der Waals surface area contributed by atoms with Crippen LogP contribution in [0.5, 0.6) is 0 Å². The summed E-state index contributed by atoms with van der Waals surface area (Å²) in [5.74, 6) is -2.58. The molecule has 16 heavy (non-hydrogen) atoms. The van der Waals surface area contributed by atoms with E-state index in [-0.39, 0.29) is 6.42 Å². The number of nitrogens with one attached hydrogen (secondary N) is 1. The van der Waals surface area contributed by atoms with Crippen LogP contribution in [0, 0.1) is 0 Å². The number of halogens is 3. The van der Waals surface area contributed by atoms with Gasteiger partial charge in [0, 0.05) is 0 Å². The minimum absolute atomic E-state index is 0.0929. The van der Waals surface area contributed by atoms with Gasteiger partial charge in [-0.15, -0.1) is 0 Å². The Morgan fingerprint density at radius 2 is 2.00 bits per heavy atom. The monoisotopic (exact) mass is 259 g/mol. The first-order valence-electron chi connectivity index (χ1n) is 4.27. The second kappa shape index (κ2) is 6.62. The normalized spacial score (nSPS) is 13.1. The van der Waals surface area contributed by atoms with Gasteiger partial charge in [-0.1, -0.05) is 0 Å². The van der Waals surface area contributed by atoms with E-state index in [0.717, 1.165) is 7.11 Å². The first-order valence-corrected chi connectivity index (χ1v) is 5.66. The number of ether oxygens (including phenoxy) is 1. The fraction of sp³-hybridized carbons (Fsp3) is 0.750. The molecule has 0 aliphatic heterocycles. The SMILES string of the molecule is COC(=O)[C@@H](CCSC)NC(=O)C(F)(F)F. The number of thioether (sulfide) groups is 1. The summed E-state index contributed by atoms with van der Waals surface area (Å²) in [6.07, 6.45) is -3.17. The zero-order valence-corrected chi connectivity index (χ0v) is 9.57. The molecule has 0 fully saturated rings. The summed E-state index contributed by atoms with van der Waals surface area (Å²) < 4.78 is 40.1. The van der Waals surface area contributed by atoms with Crippen LogP contribution in [0.1, 0.15) is 6.42 Å². The van der Waals surface area contributed by atoms with E-state index in [0.29, 0.717) is 5.75 Å². The molecule has 0 radical (unpaired) electrons. The number of hydrogen-bond donors (Lipinski definition) is 1. The Morgan fingerprint density at radius 3 is 2.38 bits per heavy atom. The summed E-state index contributed by atoms with van der Waals surface area (Å²) >= 11 is 1.35. The van der Waals surface area contributed by atoms with Crippen LogP contribution in [0.3, 0.4) is 0 Å². The molecule has 1 atom stereocenters. The lowest BCUT2D eigenvalue weighted by atomic mass is 10.2. The highest BCUT2D eigenvalue weighted by Crippen LogP contribution is 2.15. The summed E-state index contributed by atoms with van der Waals surface area (Å²) in [5.41, 5.74) is 0. The minimum Gasteiger partial charge on any atom is -0.467 e. The topological polar surface area (TPSA) is 55.4 Å². The summed E-state index contributed by atoms with van der Waals surface area (Å²) in [7, 11) is 1.05. The lowest BCUT2D eigenvalue weighted by molar-refractivity contribution is -0.175. The zero-order chi connectivity index (χ0) is 12.8. The number of alkyl halides is 3. The Labute approximate surface area is 94.9 Å². The number of amides is 1. The van der Waals surface area contributed by atoms with Crippen LogP contribution in [-0.2, 0) is 14.3 Å². The maximum absolute atomic E-state index is 11.9. The lowest BCUT2D eigenvalue weighted by Crippen LogP contribution is -2.47. The van der Waals surface area contributed by atoms with Gasteiger partial charge in [-0.05, 0) is 18.4 Å². The van der Waals surface area contributed by atoms with E-state index < -0.39 is 24.1 Å². The molecule has 0 aliphatic carbocycles. The Bertz CT molecular complexity index is 257. The Balaban J connectivity index is 4.42. The minimum atomic E-state index is -4.99. The average molecular weight is 259 g/mol. The number of rotatable bonds is 5. The van der Waals surface area contributed by atoms with Gasteiger partial charge in [-0.3, -0.25) is 4.79 Å². The van der Waals surface area contributed by atoms with E-state index >= 15 is 0 Å². The van der Waals surface area contributed by atoms with E-state index in [1.807, 2.05) is 0 Å². The second-order valence-corrected chi connectivity index (χ2v) is 3.81. The van der Waals surface area contributed by atoms with Crippen molar-refractivity contribution in [3.05, 3.63) is 0 Å². The van der Waals surface area contributed by atoms with Crippen LogP contribution < -0.4 is 5.32 Å². The molecule has 0 rings (SSSR count). The van der Waals surface area contributed by atoms with Crippen LogP contribution in [-0.4, -0.2) is 43.2 Å². The first-order chi connectivity index (χ1) is 7.32. The molecule has 0 saturated carbocycles. The zero-order valence-electron chi connectivity index (χ0n) is 8.76. The molecule has 0 heterocycles. The fourth-order valence-electron chi connectivity index (χ4n) is 0.867. The number of methoxy groups -OCH3 is 1. The number of carbonyl (C=O) groups is 2. The maximum atomic E-state index is 11.9. The van der Waals surface area contributed by atoms with Gasteiger partial charge in [0.05, 0.1) is 7.11 Å². The van der Waals surface area contributed by atoms with Crippen molar-refractivity contribution >= 4 is 23.6 Å². The van der Waals surface area contributed by atoms with Crippen LogP contribution in [0.25, 0.3) is 0 Å². The molecule has 0 bridgehead atoms. The quantitative estimate of drug-likeness (QED) is 0.747. The molecule has 1 amide bonds. The molecule has 0 aromatic carbocycles. The van der Waals surface area contributed by atoms with Crippen molar-refractivity contribution in [2.45, 2.75) is 18.6 Å².